The van der Waals surface area contributed by atoms with Crippen LogP contribution in [0, 0.1) is 0 Å². The first-order valence-electron chi connectivity index (χ1n) is 5.51. The number of halogens is 4. The van der Waals surface area contributed by atoms with E-state index >= 15 is 0 Å². The zero-order chi connectivity index (χ0) is 14.8. The molecule has 0 saturated heterocycles. The molecule has 0 amide bonds. The first kappa shape index (κ1) is 14.9. The van der Waals surface area contributed by atoms with Crippen LogP contribution < -0.4 is 10.5 Å². The van der Waals surface area contributed by atoms with Gasteiger partial charge in [0, 0.05) is 16.3 Å². The molecule has 0 heterocycles. The topological polar surface area (TPSA) is 38.0 Å². The lowest BCUT2D eigenvalue weighted by atomic mass is 10.2. The van der Waals surface area contributed by atoms with Gasteiger partial charge in [0.2, 0.25) is 0 Å². The van der Waals surface area contributed by atoms with Crippen LogP contribution in [0.3, 0.4) is 0 Å². The Balaban J connectivity index is 2.12. The maximum absolute atomic E-state index is 12.7. The second kappa shape index (κ2) is 5.85. The number of rotatable bonds is 3. The van der Waals surface area contributed by atoms with Gasteiger partial charge in [0.15, 0.2) is 0 Å². The number of nitrogens with one attached hydrogen (secondary N) is 1. The molecule has 0 atom stereocenters. The number of hydrogen-bond acceptors (Lipinski definition) is 3. The van der Waals surface area contributed by atoms with Gasteiger partial charge in [-0.1, -0.05) is 11.6 Å². The minimum Gasteiger partial charge on any atom is -0.399 e. The summed E-state index contributed by atoms with van der Waals surface area (Å²) in [4.78, 5) is 0.836. The van der Waals surface area contributed by atoms with Crippen LogP contribution in [0.1, 0.15) is 5.56 Å². The third kappa shape index (κ3) is 3.74. The molecule has 2 aromatic carbocycles. The normalized spacial score (nSPS) is 11.4. The average molecular weight is 319 g/mol. The largest absolute Gasteiger partial charge is 0.417 e. The van der Waals surface area contributed by atoms with Crippen molar-refractivity contribution in [3.63, 3.8) is 0 Å². The number of benzene rings is 2. The van der Waals surface area contributed by atoms with Crippen molar-refractivity contribution in [2.24, 2.45) is 0 Å². The summed E-state index contributed by atoms with van der Waals surface area (Å²) >= 11 is 6.74. The van der Waals surface area contributed by atoms with Gasteiger partial charge in [0.25, 0.3) is 0 Å². The van der Waals surface area contributed by atoms with Gasteiger partial charge < -0.3 is 10.5 Å². The molecule has 2 nitrogen and oxygen atoms in total. The monoisotopic (exact) mass is 318 g/mol. The van der Waals surface area contributed by atoms with E-state index < -0.39 is 11.7 Å². The zero-order valence-corrected chi connectivity index (χ0v) is 11.6. The summed E-state index contributed by atoms with van der Waals surface area (Å²) in [5, 5.41) is -0.319. The third-order valence-corrected chi connectivity index (χ3v) is 3.61. The van der Waals surface area contributed by atoms with E-state index in [9.17, 15) is 13.2 Å². The molecule has 0 aliphatic heterocycles. The molecule has 0 aromatic heterocycles. The molecular formula is C13H10ClF3N2S. The summed E-state index contributed by atoms with van der Waals surface area (Å²) < 4.78 is 40.9. The fourth-order valence-electron chi connectivity index (χ4n) is 1.46. The molecule has 0 radical (unpaired) electrons. The van der Waals surface area contributed by atoms with Crippen LogP contribution in [0.2, 0.25) is 5.02 Å². The Kier molecular flexibility index (Phi) is 4.35. The summed E-state index contributed by atoms with van der Waals surface area (Å²) in [7, 11) is 0. The van der Waals surface area contributed by atoms with Gasteiger partial charge in [-0.05, 0) is 54.4 Å². The van der Waals surface area contributed by atoms with Gasteiger partial charge in [-0.3, -0.25) is 0 Å². The molecule has 2 rings (SSSR count). The SMILES string of the molecule is Nc1ccc(SNc2ccc(Cl)c(C(F)(F)F)c2)cc1. The lowest BCUT2D eigenvalue weighted by Crippen LogP contribution is -2.06. The van der Waals surface area contributed by atoms with Crippen molar-refractivity contribution in [3.05, 3.63) is 53.1 Å². The fourth-order valence-corrected chi connectivity index (χ4v) is 2.32. The summed E-state index contributed by atoms with van der Waals surface area (Å²) in [6, 6.07) is 10.7. The lowest BCUT2D eigenvalue weighted by Gasteiger charge is -2.12. The van der Waals surface area contributed by atoms with Crippen LogP contribution in [0.4, 0.5) is 24.5 Å². The first-order chi connectivity index (χ1) is 9.36. The Morgan fingerprint density at radius 2 is 1.70 bits per heavy atom. The van der Waals surface area contributed by atoms with Crippen molar-refractivity contribution in [3.8, 4) is 0 Å². The van der Waals surface area contributed by atoms with Gasteiger partial charge in [-0.2, -0.15) is 13.2 Å². The molecule has 0 aliphatic carbocycles. The highest BCUT2D eigenvalue weighted by molar-refractivity contribution is 8.00. The zero-order valence-electron chi connectivity index (χ0n) is 10.0. The van der Waals surface area contributed by atoms with Crippen LogP contribution in [-0.2, 0) is 6.18 Å². The Morgan fingerprint density at radius 1 is 1.05 bits per heavy atom. The molecule has 0 spiro atoms. The highest BCUT2D eigenvalue weighted by atomic mass is 35.5. The second-order valence-corrected chi connectivity index (χ2v) is 5.25. The Labute approximate surface area is 123 Å². The van der Waals surface area contributed by atoms with Crippen LogP contribution in [0.5, 0.6) is 0 Å². The van der Waals surface area contributed by atoms with Gasteiger partial charge in [-0.15, -0.1) is 0 Å². The van der Waals surface area contributed by atoms with E-state index in [0.717, 1.165) is 11.0 Å². The van der Waals surface area contributed by atoms with Crippen LogP contribution in [0.25, 0.3) is 0 Å². The Hall–Kier alpha value is -1.53. The van der Waals surface area contributed by atoms with Crippen LogP contribution in [0.15, 0.2) is 47.4 Å². The van der Waals surface area contributed by atoms with Crippen molar-refractivity contribution >= 4 is 34.9 Å². The van der Waals surface area contributed by atoms with Crippen LogP contribution >= 0.6 is 23.5 Å². The highest BCUT2D eigenvalue weighted by Crippen LogP contribution is 2.36. The summed E-state index contributed by atoms with van der Waals surface area (Å²) in [5.41, 5.74) is 5.64. The minimum atomic E-state index is -4.47. The minimum absolute atomic E-state index is 0.319. The summed E-state index contributed by atoms with van der Waals surface area (Å²) in [5.74, 6) is 0. The number of nitrogen functional groups attached to an aromatic ring is 1. The smallest absolute Gasteiger partial charge is 0.399 e. The van der Waals surface area contributed by atoms with Crippen LogP contribution in [-0.4, -0.2) is 0 Å². The lowest BCUT2D eigenvalue weighted by molar-refractivity contribution is -0.137. The maximum Gasteiger partial charge on any atom is 0.417 e. The Morgan fingerprint density at radius 3 is 2.30 bits per heavy atom. The number of alkyl halides is 3. The van der Waals surface area contributed by atoms with E-state index in [-0.39, 0.29) is 5.02 Å². The van der Waals surface area contributed by atoms with Crippen molar-refractivity contribution in [2.75, 3.05) is 10.5 Å². The summed E-state index contributed by atoms with van der Waals surface area (Å²) in [6.07, 6.45) is -4.47. The fraction of sp³-hybridized carbons (Fsp3) is 0.0769. The molecule has 0 aliphatic rings. The van der Waals surface area contributed by atoms with E-state index in [4.69, 9.17) is 17.3 Å². The Bertz CT molecular complexity index is 600. The molecular weight excluding hydrogens is 309 g/mol. The summed E-state index contributed by atoms with van der Waals surface area (Å²) in [6.45, 7) is 0. The van der Waals surface area contributed by atoms with Gasteiger partial charge >= 0.3 is 6.18 Å². The molecule has 7 heteroatoms. The van der Waals surface area contributed by atoms with E-state index in [1.165, 1.54) is 24.1 Å². The number of hydrogen-bond donors (Lipinski definition) is 2. The maximum atomic E-state index is 12.7. The van der Waals surface area contributed by atoms with Gasteiger partial charge in [0.05, 0.1) is 10.6 Å². The molecule has 0 bridgehead atoms. The standard InChI is InChI=1S/C13H10ClF3N2S/c14-12-6-3-9(7-11(12)13(15,16)17)19-20-10-4-1-8(18)2-5-10/h1-7,19H,18H2. The first-order valence-corrected chi connectivity index (χ1v) is 6.71. The van der Waals surface area contributed by atoms with Crippen molar-refractivity contribution in [1.29, 1.82) is 0 Å². The second-order valence-electron chi connectivity index (χ2n) is 3.97. The average Bonchev–Trinajstić information content (AvgIpc) is 2.38. The third-order valence-electron chi connectivity index (χ3n) is 2.44. The van der Waals surface area contributed by atoms with Crippen molar-refractivity contribution < 1.29 is 13.2 Å². The quantitative estimate of drug-likeness (QED) is 0.613. The molecule has 106 valence electrons. The predicted octanol–water partition coefficient (Wildman–Crippen LogP) is 5.06. The van der Waals surface area contributed by atoms with Gasteiger partial charge in [0.1, 0.15) is 0 Å². The predicted molar refractivity (Wildman–Crippen MR) is 76.8 cm³/mol. The van der Waals surface area contributed by atoms with Crippen molar-refractivity contribution in [1.82, 2.24) is 0 Å². The molecule has 2 aromatic rings. The van der Waals surface area contributed by atoms with E-state index in [2.05, 4.69) is 4.72 Å². The molecule has 0 saturated carbocycles. The number of nitrogens with two attached hydrogens (primary N) is 1. The highest BCUT2D eigenvalue weighted by Gasteiger charge is 2.33. The van der Waals surface area contributed by atoms with E-state index in [1.807, 2.05) is 0 Å². The van der Waals surface area contributed by atoms with Crippen molar-refractivity contribution in [2.45, 2.75) is 11.1 Å². The molecule has 0 fully saturated rings. The van der Waals surface area contributed by atoms with E-state index in [1.54, 1.807) is 24.3 Å². The van der Waals surface area contributed by atoms with E-state index in [0.29, 0.717) is 11.4 Å². The molecule has 20 heavy (non-hydrogen) atoms. The van der Waals surface area contributed by atoms with Gasteiger partial charge in [-0.25, -0.2) is 0 Å². The molecule has 0 unspecified atom stereocenters. The molecule has 3 N–H and O–H groups in total. The number of anilines is 2.